The zero-order valence-corrected chi connectivity index (χ0v) is 17.4. The molecule has 0 spiro atoms. The molecular weight excluding hydrogens is 404 g/mol. The van der Waals surface area contributed by atoms with E-state index in [4.69, 9.17) is 0 Å². The van der Waals surface area contributed by atoms with Crippen molar-refractivity contribution in [3.05, 3.63) is 90.5 Å². The zero-order chi connectivity index (χ0) is 20.5. The Balaban J connectivity index is 1.47. The van der Waals surface area contributed by atoms with Crippen LogP contribution in [-0.2, 0) is 20.6 Å². The van der Waals surface area contributed by atoms with Gasteiger partial charge in [-0.1, -0.05) is 48.5 Å². The zero-order valence-electron chi connectivity index (χ0n) is 15.7. The first kappa shape index (κ1) is 21.0. The van der Waals surface area contributed by atoms with Crippen LogP contribution in [-0.4, -0.2) is 20.1 Å². The van der Waals surface area contributed by atoms with Gasteiger partial charge in [-0.05, 0) is 42.0 Å². The highest BCUT2D eigenvalue weighted by Crippen LogP contribution is 2.19. The van der Waals surface area contributed by atoms with Crippen LogP contribution in [0.3, 0.4) is 0 Å². The molecule has 29 heavy (non-hydrogen) atoms. The fourth-order valence-corrected chi connectivity index (χ4v) is 4.55. The summed E-state index contributed by atoms with van der Waals surface area (Å²) in [5, 5.41) is 2.80. The van der Waals surface area contributed by atoms with Gasteiger partial charge in [-0.15, -0.1) is 0 Å². The number of para-hydroxylation sites is 1. The number of carbonyl (C=O) groups excluding carboxylic acids is 1. The predicted octanol–water partition coefficient (Wildman–Crippen LogP) is 4.75. The quantitative estimate of drug-likeness (QED) is 0.484. The fraction of sp³-hybridized carbons (Fsp3) is 0.136. The highest BCUT2D eigenvalue weighted by Gasteiger charge is 2.14. The molecule has 0 aliphatic rings. The van der Waals surface area contributed by atoms with E-state index in [0.717, 1.165) is 5.75 Å². The maximum atomic E-state index is 12.4. The van der Waals surface area contributed by atoms with E-state index in [1.165, 1.54) is 17.7 Å². The van der Waals surface area contributed by atoms with Crippen LogP contribution in [0, 0.1) is 0 Å². The topological polar surface area (TPSA) is 75.3 Å². The molecule has 150 valence electrons. The monoisotopic (exact) mass is 426 g/mol. The number of benzene rings is 3. The lowest BCUT2D eigenvalue weighted by Crippen LogP contribution is -2.14. The molecule has 0 saturated carbocycles. The second kappa shape index (κ2) is 10.1. The minimum Gasteiger partial charge on any atom is -0.326 e. The van der Waals surface area contributed by atoms with Crippen LogP contribution in [0.5, 0.6) is 0 Å². The van der Waals surface area contributed by atoms with E-state index in [0.29, 0.717) is 23.5 Å². The molecule has 1 amide bonds. The van der Waals surface area contributed by atoms with E-state index < -0.39 is 10.0 Å². The number of hydrogen-bond donors (Lipinski definition) is 2. The molecule has 5 nitrogen and oxygen atoms in total. The summed E-state index contributed by atoms with van der Waals surface area (Å²) in [6, 6.07) is 25.0. The third kappa shape index (κ3) is 6.66. The van der Waals surface area contributed by atoms with Crippen LogP contribution in [0.2, 0.25) is 0 Å². The lowest BCUT2D eigenvalue weighted by Gasteiger charge is -2.09. The van der Waals surface area contributed by atoms with Crippen LogP contribution >= 0.6 is 11.8 Å². The van der Waals surface area contributed by atoms with E-state index in [9.17, 15) is 13.2 Å². The van der Waals surface area contributed by atoms with Gasteiger partial charge in [0, 0.05) is 29.3 Å². The first-order valence-corrected chi connectivity index (χ1v) is 11.8. The number of hydrogen-bond acceptors (Lipinski definition) is 4. The van der Waals surface area contributed by atoms with E-state index in [1.54, 1.807) is 48.2 Å². The summed E-state index contributed by atoms with van der Waals surface area (Å²) in [6.45, 7) is 0. The molecule has 0 unspecified atom stereocenters. The van der Waals surface area contributed by atoms with Gasteiger partial charge in [0.25, 0.3) is 10.0 Å². The molecule has 3 rings (SSSR count). The van der Waals surface area contributed by atoms with Gasteiger partial charge in [0.15, 0.2) is 0 Å². The molecular formula is C22H22N2O3S2. The minimum absolute atomic E-state index is 0.0939. The molecule has 3 aromatic rings. The molecule has 7 heteroatoms. The van der Waals surface area contributed by atoms with E-state index in [2.05, 4.69) is 22.2 Å². The fourth-order valence-electron chi connectivity index (χ4n) is 2.59. The maximum absolute atomic E-state index is 12.4. The Morgan fingerprint density at radius 1 is 0.793 bits per heavy atom. The van der Waals surface area contributed by atoms with Gasteiger partial charge in [-0.25, -0.2) is 8.42 Å². The van der Waals surface area contributed by atoms with Crippen molar-refractivity contribution in [3.63, 3.8) is 0 Å². The summed E-state index contributed by atoms with van der Waals surface area (Å²) in [5.41, 5.74) is 2.30. The average Bonchev–Trinajstić information content (AvgIpc) is 2.73. The predicted molar refractivity (Wildman–Crippen MR) is 120 cm³/mol. The van der Waals surface area contributed by atoms with Crippen LogP contribution in [0.15, 0.2) is 89.8 Å². The molecule has 0 aliphatic carbocycles. The lowest BCUT2D eigenvalue weighted by atomic mass is 10.2. The molecule has 0 radical (unpaired) electrons. The van der Waals surface area contributed by atoms with Crippen molar-refractivity contribution in [1.82, 2.24) is 0 Å². The van der Waals surface area contributed by atoms with Gasteiger partial charge in [0.05, 0.1) is 4.90 Å². The third-order valence-electron chi connectivity index (χ3n) is 4.06. The van der Waals surface area contributed by atoms with Crippen molar-refractivity contribution in [2.45, 2.75) is 17.1 Å². The molecule has 0 bridgehead atoms. The second-order valence-electron chi connectivity index (χ2n) is 6.33. The highest BCUT2D eigenvalue weighted by atomic mass is 32.2. The number of amides is 1. The van der Waals surface area contributed by atoms with Crippen molar-refractivity contribution in [2.24, 2.45) is 0 Å². The Morgan fingerprint density at radius 2 is 1.41 bits per heavy atom. The SMILES string of the molecule is O=C(CCSCc1ccccc1)Nc1ccc(S(=O)(=O)Nc2ccccc2)cc1. The Bertz CT molecular complexity index is 1020. The molecule has 0 aliphatic heterocycles. The number of anilines is 2. The average molecular weight is 427 g/mol. The smallest absolute Gasteiger partial charge is 0.261 e. The van der Waals surface area contributed by atoms with Gasteiger partial charge in [-0.3, -0.25) is 9.52 Å². The number of rotatable bonds is 9. The van der Waals surface area contributed by atoms with Crippen molar-refractivity contribution in [1.29, 1.82) is 0 Å². The molecule has 0 atom stereocenters. The minimum atomic E-state index is -3.67. The molecule has 2 N–H and O–H groups in total. The third-order valence-corrected chi connectivity index (χ3v) is 6.49. The van der Waals surface area contributed by atoms with Gasteiger partial charge < -0.3 is 5.32 Å². The summed E-state index contributed by atoms with van der Waals surface area (Å²) in [7, 11) is -3.67. The molecule has 0 saturated heterocycles. The van der Waals surface area contributed by atoms with Crippen LogP contribution in [0.4, 0.5) is 11.4 Å². The van der Waals surface area contributed by atoms with E-state index in [1.807, 2.05) is 24.3 Å². The van der Waals surface area contributed by atoms with Crippen molar-refractivity contribution < 1.29 is 13.2 Å². The molecule has 3 aromatic carbocycles. The van der Waals surface area contributed by atoms with Gasteiger partial charge >= 0.3 is 0 Å². The summed E-state index contributed by atoms with van der Waals surface area (Å²) in [5.74, 6) is 1.49. The normalized spacial score (nSPS) is 11.0. The molecule has 0 fully saturated rings. The highest BCUT2D eigenvalue weighted by molar-refractivity contribution is 7.98. The number of sulfonamides is 1. The summed E-state index contributed by atoms with van der Waals surface area (Å²) in [6.07, 6.45) is 0.396. The van der Waals surface area contributed by atoms with Crippen molar-refractivity contribution >= 4 is 39.1 Å². The van der Waals surface area contributed by atoms with Crippen LogP contribution in [0.25, 0.3) is 0 Å². The number of carbonyl (C=O) groups is 1. The number of nitrogens with one attached hydrogen (secondary N) is 2. The lowest BCUT2D eigenvalue weighted by molar-refractivity contribution is -0.115. The summed E-state index contributed by atoms with van der Waals surface area (Å²) < 4.78 is 27.4. The van der Waals surface area contributed by atoms with Gasteiger partial charge in [-0.2, -0.15) is 11.8 Å². The number of thioether (sulfide) groups is 1. The Labute approximate surface area is 175 Å². The second-order valence-corrected chi connectivity index (χ2v) is 9.12. The maximum Gasteiger partial charge on any atom is 0.261 e. The van der Waals surface area contributed by atoms with E-state index >= 15 is 0 Å². The molecule has 0 aromatic heterocycles. The van der Waals surface area contributed by atoms with Crippen molar-refractivity contribution in [2.75, 3.05) is 15.8 Å². The van der Waals surface area contributed by atoms with E-state index in [-0.39, 0.29) is 10.8 Å². The standard InChI is InChI=1S/C22H22N2O3S2/c25-22(15-16-28-17-18-7-3-1-4-8-18)23-19-11-13-21(14-12-19)29(26,27)24-20-9-5-2-6-10-20/h1-14,24H,15-17H2,(H,23,25). The first-order valence-electron chi connectivity index (χ1n) is 9.12. The summed E-state index contributed by atoms with van der Waals surface area (Å²) in [4.78, 5) is 12.2. The Morgan fingerprint density at radius 3 is 2.07 bits per heavy atom. The largest absolute Gasteiger partial charge is 0.326 e. The molecule has 0 heterocycles. The van der Waals surface area contributed by atoms with Crippen LogP contribution in [0.1, 0.15) is 12.0 Å². The van der Waals surface area contributed by atoms with Gasteiger partial charge in [0.1, 0.15) is 0 Å². The van der Waals surface area contributed by atoms with Crippen molar-refractivity contribution in [3.8, 4) is 0 Å². The summed E-state index contributed by atoms with van der Waals surface area (Å²) >= 11 is 1.70. The first-order chi connectivity index (χ1) is 14.0. The Kier molecular flexibility index (Phi) is 7.32. The Hall–Kier alpha value is -2.77. The van der Waals surface area contributed by atoms with Gasteiger partial charge in [0.2, 0.25) is 5.91 Å². The van der Waals surface area contributed by atoms with Crippen LogP contribution < -0.4 is 10.0 Å².